The zero-order valence-electron chi connectivity index (χ0n) is 16.1. The first-order valence-corrected chi connectivity index (χ1v) is 8.93. The van der Waals surface area contributed by atoms with Gasteiger partial charge in [-0.1, -0.05) is 26.0 Å². The highest BCUT2D eigenvalue weighted by Crippen LogP contribution is 2.21. The Labute approximate surface area is 147 Å². The molecule has 5 heteroatoms. The monoisotopic (exact) mass is 334 g/mol. The number of hydrogen-bond donors (Lipinski definition) is 2. The lowest BCUT2D eigenvalue weighted by atomic mass is 10.1. The van der Waals surface area contributed by atoms with E-state index in [1.54, 1.807) is 7.05 Å². The van der Waals surface area contributed by atoms with Gasteiger partial charge in [0.25, 0.3) is 0 Å². The molecule has 136 valence electrons. The first kappa shape index (κ1) is 20.3. The van der Waals surface area contributed by atoms with Crippen molar-refractivity contribution in [2.75, 3.05) is 33.2 Å². The number of likely N-dealkylation sites (N-methyl/N-ethyl adjacent to an activating group) is 1. The fourth-order valence-corrected chi connectivity index (χ4v) is 2.44. The Kier molecular flexibility index (Phi) is 9.23. The number of benzene rings is 1. The second-order valence-corrected chi connectivity index (χ2v) is 6.16. The van der Waals surface area contributed by atoms with Crippen molar-refractivity contribution in [3.63, 3.8) is 0 Å². The zero-order chi connectivity index (χ0) is 17.9. The Hall–Kier alpha value is -1.75. The molecule has 1 aromatic rings. The van der Waals surface area contributed by atoms with E-state index in [-0.39, 0.29) is 6.10 Å². The molecule has 0 unspecified atom stereocenters. The molecular formula is C19H34N4O. The van der Waals surface area contributed by atoms with Crippen molar-refractivity contribution in [1.29, 1.82) is 0 Å². The van der Waals surface area contributed by atoms with E-state index in [1.165, 1.54) is 5.56 Å². The molecule has 0 aliphatic rings. The molecule has 0 aliphatic carbocycles. The van der Waals surface area contributed by atoms with Gasteiger partial charge in [0.1, 0.15) is 5.75 Å². The second-order valence-electron chi connectivity index (χ2n) is 6.16. The maximum absolute atomic E-state index is 5.93. The van der Waals surface area contributed by atoms with E-state index in [9.17, 15) is 0 Å². The lowest BCUT2D eigenvalue weighted by molar-refractivity contribution is 0.239. The number of nitrogens with zero attached hydrogens (tertiary/aromatic N) is 2. The molecule has 0 radical (unpaired) electrons. The van der Waals surface area contributed by atoms with Gasteiger partial charge in [-0.05, 0) is 45.5 Å². The quantitative estimate of drug-likeness (QED) is 0.538. The van der Waals surface area contributed by atoms with Gasteiger partial charge >= 0.3 is 0 Å². The van der Waals surface area contributed by atoms with Gasteiger partial charge in [0.05, 0.1) is 6.10 Å². The number of hydrogen-bond acceptors (Lipinski definition) is 3. The Morgan fingerprint density at radius 1 is 1.21 bits per heavy atom. The summed E-state index contributed by atoms with van der Waals surface area (Å²) in [6.07, 6.45) is 0.164. The van der Waals surface area contributed by atoms with Crippen LogP contribution in [-0.4, -0.2) is 50.2 Å². The number of aliphatic imine (C=N–C) groups is 1. The molecule has 1 aromatic carbocycles. The van der Waals surface area contributed by atoms with E-state index in [0.29, 0.717) is 6.54 Å². The van der Waals surface area contributed by atoms with Crippen LogP contribution in [0.15, 0.2) is 23.2 Å². The molecule has 0 amide bonds. The van der Waals surface area contributed by atoms with Crippen molar-refractivity contribution in [2.24, 2.45) is 4.99 Å². The largest absolute Gasteiger partial charge is 0.491 e. The Bertz CT molecular complexity index is 510. The van der Waals surface area contributed by atoms with Crippen LogP contribution in [0.1, 0.15) is 38.8 Å². The molecule has 0 spiro atoms. The van der Waals surface area contributed by atoms with Crippen LogP contribution < -0.4 is 15.4 Å². The van der Waals surface area contributed by atoms with Gasteiger partial charge < -0.3 is 20.3 Å². The average Bonchev–Trinajstić information content (AvgIpc) is 2.55. The van der Waals surface area contributed by atoms with Crippen LogP contribution in [-0.2, 0) is 6.54 Å². The maximum atomic E-state index is 5.93. The van der Waals surface area contributed by atoms with E-state index in [0.717, 1.165) is 43.5 Å². The summed E-state index contributed by atoms with van der Waals surface area (Å²) in [5.74, 6) is 1.76. The minimum Gasteiger partial charge on any atom is -0.491 e. The van der Waals surface area contributed by atoms with Crippen LogP contribution in [0, 0.1) is 6.92 Å². The molecule has 0 fully saturated rings. The molecule has 24 heavy (non-hydrogen) atoms. The van der Waals surface area contributed by atoms with Gasteiger partial charge in [-0.25, -0.2) is 0 Å². The summed E-state index contributed by atoms with van der Waals surface area (Å²) < 4.78 is 5.93. The van der Waals surface area contributed by atoms with Crippen LogP contribution in [0.4, 0.5) is 0 Å². The van der Waals surface area contributed by atoms with E-state index in [1.807, 2.05) is 13.8 Å². The molecule has 1 rings (SSSR count). The van der Waals surface area contributed by atoms with Crippen molar-refractivity contribution in [3.8, 4) is 5.75 Å². The topological polar surface area (TPSA) is 48.9 Å². The van der Waals surface area contributed by atoms with Crippen molar-refractivity contribution < 1.29 is 4.74 Å². The SMILES string of the molecule is CCN(CC)CCNC(=NC)NCc1ccc(C)cc1OC(C)C. The Balaban J connectivity index is 2.57. The van der Waals surface area contributed by atoms with Crippen LogP contribution in [0.2, 0.25) is 0 Å². The summed E-state index contributed by atoms with van der Waals surface area (Å²) >= 11 is 0. The molecule has 0 bridgehead atoms. The number of nitrogens with one attached hydrogen (secondary N) is 2. The molecule has 0 saturated carbocycles. The first-order chi connectivity index (χ1) is 11.5. The Morgan fingerprint density at radius 2 is 1.92 bits per heavy atom. The van der Waals surface area contributed by atoms with Gasteiger partial charge in [0.2, 0.25) is 0 Å². The number of aryl methyl sites for hydroxylation is 1. The Morgan fingerprint density at radius 3 is 2.50 bits per heavy atom. The summed E-state index contributed by atoms with van der Waals surface area (Å²) in [7, 11) is 1.80. The summed E-state index contributed by atoms with van der Waals surface area (Å²) in [6.45, 7) is 15.3. The van der Waals surface area contributed by atoms with Gasteiger partial charge in [0.15, 0.2) is 5.96 Å². The van der Waals surface area contributed by atoms with Crippen molar-refractivity contribution >= 4 is 5.96 Å². The summed E-state index contributed by atoms with van der Waals surface area (Å²) in [4.78, 5) is 6.68. The minimum absolute atomic E-state index is 0.164. The summed E-state index contributed by atoms with van der Waals surface area (Å²) in [5.41, 5.74) is 2.34. The fraction of sp³-hybridized carbons (Fsp3) is 0.632. The summed E-state index contributed by atoms with van der Waals surface area (Å²) in [5, 5.41) is 6.74. The lowest BCUT2D eigenvalue weighted by Gasteiger charge is -2.20. The third-order valence-corrected chi connectivity index (χ3v) is 3.87. The first-order valence-electron chi connectivity index (χ1n) is 8.93. The molecule has 0 aromatic heterocycles. The van der Waals surface area contributed by atoms with Crippen molar-refractivity contribution in [1.82, 2.24) is 15.5 Å². The standard InChI is InChI=1S/C19H34N4O/c1-7-23(8-2)12-11-21-19(20-6)22-14-17-10-9-16(5)13-18(17)24-15(3)4/h9-10,13,15H,7-8,11-12,14H2,1-6H3,(H2,20,21,22). The van der Waals surface area contributed by atoms with Crippen LogP contribution in [0.3, 0.4) is 0 Å². The van der Waals surface area contributed by atoms with E-state index in [2.05, 4.69) is 59.5 Å². The highest BCUT2D eigenvalue weighted by molar-refractivity contribution is 5.79. The van der Waals surface area contributed by atoms with Gasteiger partial charge in [-0.2, -0.15) is 0 Å². The smallest absolute Gasteiger partial charge is 0.191 e. The predicted molar refractivity (Wildman–Crippen MR) is 103 cm³/mol. The summed E-state index contributed by atoms with van der Waals surface area (Å²) in [6, 6.07) is 6.32. The van der Waals surface area contributed by atoms with Gasteiger partial charge in [-0.15, -0.1) is 0 Å². The van der Waals surface area contributed by atoms with Crippen LogP contribution in [0.25, 0.3) is 0 Å². The third kappa shape index (κ3) is 7.21. The molecule has 2 N–H and O–H groups in total. The van der Waals surface area contributed by atoms with E-state index >= 15 is 0 Å². The maximum Gasteiger partial charge on any atom is 0.191 e. The molecule has 0 aliphatic heterocycles. The van der Waals surface area contributed by atoms with E-state index < -0.39 is 0 Å². The number of ether oxygens (including phenoxy) is 1. The zero-order valence-corrected chi connectivity index (χ0v) is 16.1. The van der Waals surface area contributed by atoms with Crippen molar-refractivity contribution in [3.05, 3.63) is 29.3 Å². The number of guanidine groups is 1. The molecule has 5 nitrogen and oxygen atoms in total. The minimum atomic E-state index is 0.164. The third-order valence-electron chi connectivity index (χ3n) is 3.87. The average molecular weight is 335 g/mol. The molecular weight excluding hydrogens is 300 g/mol. The lowest BCUT2D eigenvalue weighted by Crippen LogP contribution is -2.41. The van der Waals surface area contributed by atoms with Gasteiger partial charge in [-0.3, -0.25) is 4.99 Å². The molecule has 0 atom stereocenters. The molecule has 0 heterocycles. The fourth-order valence-electron chi connectivity index (χ4n) is 2.44. The van der Waals surface area contributed by atoms with E-state index in [4.69, 9.17) is 4.74 Å². The highest BCUT2D eigenvalue weighted by Gasteiger charge is 2.07. The van der Waals surface area contributed by atoms with Crippen LogP contribution >= 0.6 is 0 Å². The normalized spacial score (nSPS) is 11.9. The second kappa shape index (κ2) is 10.9. The van der Waals surface area contributed by atoms with Crippen molar-refractivity contribution in [2.45, 2.75) is 47.3 Å². The number of rotatable bonds is 9. The van der Waals surface area contributed by atoms with Crippen LogP contribution in [0.5, 0.6) is 5.75 Å². The van der Waals surface area contributed by atoms with Gasteiger partial charge in [0, 0.05) is 32.2 Å². The predicted octanol–water partition coefficient (Wildman–Crippen LogP) is 2.79. The molecule has 0 saturated heterocycles. The highest BCUT2D eigenvalue weighted by atomic mass is 16.5.